The van der Waals surface area contributed by atoms with E-state index >= 15 is 0 Å². The van der Waals surface area contributed by atoms with Gasteiger partial charge in [0.1, 0.15) is 5.15 Å². The quantitative estimate of drug-likeness (QED) is 0.384. The number of pyridine rings is 1. The van der Waals surface area contributed by atoms with Gasteiger partial charge in [0.05, 0.1) is 6.26 Å². The van der Waals surface area contributed by atoms with Crippen LogP contribution in [-0.4, -0.2) is 32.2 Å². The van der Waals surface area contributed by atoms with Crippen LogP contribution in [-0.2, 0) is 12.1 Å². The van der Waals surface area contributed by atoms with Crippen LogP contribution in [0.1, 0.15) is 24.2 Å². The number of nitrogens with zero attached hydrogens (tertiary/aromatic N) is 4. The van der Waals surface area contributed by atoms with E-state index in [1.165, 1.54) is 4.68 Å². The Morgan fingerprint density at radius 1 is 1.40 bits per heavy atom. The average molecular weight is 428 g/mol. The Balaban J connectivity index is 1.63. The molecule has 0 amide bonds. The summed E-state index contributed by atoms with van der Waals surface area (Å²) in [6, 6.07) is 7.79. The summed E-state index contributed by atoms with van der Waals surface area (Å²) >= 11 is 6.16. The molecule has 2 aliphatic heterocycles. The molecule has 1 fully saturated rings. The van der Waals surface area contributed by atoms with Crippen LogP contribution in [0.15, 0.2) is 41.1 Å². The first kappa shape index (κ1) is 18.9. The van der Waals surface area contributed by atoms with Crippen molar-refractivity contribution >= 4 is 23.5 Å². The van der Waals surface area contributed by atoms with Gasteiger partial charge in [-0.2, -0.15) is 14.6 Å². The van der Waals surface area contributed by atoms with E-state index in [0.29, 0.717) is 23.3 Å². The summed E-state index contributed by atoms with van der Waals surface area (Å²) in [5.74, 6) is 1.11. The van der Waals surface area contributed by atoms with Gasteiger partial charge in [-0.15, -0.1) is 0 Å². The molecule has 5 rings (SSSR count). The molecule has 1 saturated heterocycles. The van der Waals surface area contributed by atoms with E-state index in [9.17, 15) is 0 Å². The van der Waals surface area contributed by atoms with E-state index in [1.54, 1.807) is 12.5 Å². The fourth-order valence-corrected chi connectivity index (χ4v) is 4.66. The third kappa shape index (κ3) is 3.17. The lowest BCUT2D eigenvalue weighted by Gasteiger charge is -2.39. The van der Waals surface area contributed by atoms with Gasteiger partial charge in [-0.25, -0.2) is 4.98 Å². The number of aromatic nitrogens is 4. The second-order valence-corrected chi connectivity index (χ2v) is 7.97. The first-order valence-corrected chi connectivity index (χ1v) is 10.2. The van der Waals surface area contributed by atoms with Crippen molar-refractivity contribution in [3.63, 3.8) is 0 Å². The van der Waals surface area contributed by atoms with Crippen molar-refractivity contribution in [2.24, 2.45) is 5.92 Å². The smallest absolute Gasteiger partial charge is 0.247 e. The van der Waals surface area contributed by atoms with Crippen molar-refractivity contribution in [2.45, 2.75) is 31.0 Å². The molecule has 3 aromatic heterocycles. The van der Waals surface area contributed by atoms with Crippen LogP contribution in [0.25, 0.3) is 0 Å². The molecule has 0 aliphatic carbocycles. The number of nitrogens with one attached hydrogen (secondary N) is 4. The molecule has 0 bridgehead atoms. The zero-order valence-electron chi connectivity index (χ0n) is 16.1. The average Bonchev–Trinajstić information content (AvgIpc) is 3.46. The second-order valence-electron chi connectivity index (χ2n) is 7.59. The Kier molecular flexibility index (Phi) is 4.59. The monoisotopic (exact) mass is 427 g/mol. The molecule has 0 saturated carbocycles. The van der Waals surface area contributed by atoms with Gasteiger partial charge < -0.3 is 20.8 Å². The minimum Gasteiger partial charge on any atom is -0.465 e. The van der Waals surface area contributed by atoms with Crippen LogP contribution in [0.2, 0.25) is 5.15 Å². The van der Waals surface area contributed by atoms with Crippen LogP contribution in [0.4, 0.5) is 11.9 Å². The predicted molar refractivity (Wildman–Crippen MR) is 111 cm³/mol. The molecule has 30 heavy (non-hydrogen) atoms. The molecule has 0 spiro atoms. The maximum absolute atomic E-state index is 8.25. The molecule has 10 nitrogen and oxygen atoms in total. The zero-order valence-corrected chi connectivity index (χ0v) is 16.9. The Labute approximate surface area is 177 Å². The summed E-state index contributed by atoms with van der Waals surface area (Å²) in [7, 11) is 0. The van der Waals surface area contributed by atoms with Gasteiger partial charge in [0, 0.05) is 18.2 Å². The van der Waals surface area contributed by atoms with Crippen LogP contribution in [0.5, 0.6) is 0 Å². The minimum absolute atomic E-state index is 0.0214. The van der Waals surface area contributed by atoms with E-state index in [-0.39, 0.29) is 23.5 Å². The van der Waals surface area contributed by atoms with Crippen molar-refractivity contribution in [1.82, 2.24) is 24.9 Å². The highest BCUT2D eigenvalue weighted by Crippen LogP contribution is 2.41. The van der Waals surface area contributed by atoms with Crippen molar-refractivity contribution in [2.75, 3.05) is 23.0 Å². The van der Waals surface area contributed by atoms with Gasteiger partial charge in [-0.3, -0.25) is 10.8 Å². The number of hydrogen-bond donors (Lipinski definition) is 5. The van der Waals surface area contributed by atoms with Gasteiger partial charge in [0.15, 0.2) is 11.4 Å². The van der Waals surface area contributed by atoms with Crippen molar-refractivity contribution in [3.8, 4) is 0 Å². The highest BCUT2D eigenvalue weighted by molar-refractivity contribution is 6.29. The lowest BCUT2D eigenvalue weighted by Crippen LogP contribution is -2.55. The lowest BCUT2D eigenvalue weighted by atomic mass is 9.79. The molecular formula is C19H22ClN9O. The normalized spacial score (nSPS) is 23.6. The maximum atomic E-state index is 8.25. The Morgan fingerprint density at radius 2 is 2.30 bits per heavy atom. The Hall–Kier alpha value is -3.11. The summed E-state index contributed by atoms with van der Waals surface area (Å²) < 4.78 is 7.38. The SMILES string of the molecule is N=c1nc(N)nc2n1NC(c1ccco1)(C(Cc1ccnc(Cl)c1)C1CCCN1)N2. The number of furan rings is 1. The molecule has 0 aromatic carbocycles. The number of nitrogens with two attached hydrogens (primary N) is 1. The highest BCUT2D eigenvalue weighted by Gasteiger charge is 2.51. The number of anilines is 2. The topological polar surface area (TPSA) is 143 Å². The van der Waals surface area contributed by atoms with Crippen LogP contribution in [0.3, 0.4) is 0 Å². The summed E-state index contributed by atoms with van der Waals surface area (Å²) in [6.45, 7) is 0.947. The third-order valence-electron chi connectivity index (χ3n) is 5.76. The fourth-order valence-electron chi connectivity index (χ4n) is 4.47. The summed E-state index contributed by atoms with van der Waals surface area (Å²) in [4.78, 5) is 12.4. The van der Waals surface area contributed by atoms with Crippen LogP contribution in [0, 0.1) is 11.3 Å². The van der Waals surface area contributed by atoms with Gasteiger partial charge in [0.2, 0.25) is 17.5 Å². The predicted octanol–water partition coefficient (Wildman–Crippen LogP) is 1.41. The first-order chi connectivity index (χ1) is 14.5. The molecule has 3 aromatic rings. The summed E-state index contributed by atoms with van der Waals surface area (Å²) in [5, 5.41) is 15.8. The number of nitrogen functional groups attached to an aromatic ring is 1. The Morgan fingerprint density at radius 3 is 3.03 bits per heavy atom. The summed E-state index contributed by atoms with van der Waals surface area (Å²) in [5.41, 5.74) is 9.36. The van der Waals surface area contributed by atoms with E-state index in [0.717, 1.165) is 24.9 Å². The van der Waals surface area contributed by atoms with Crippen LogP contribution < -0.4 is 27.4 Å². The molecule has 5 heterocycles. The zero-order chi connectivity index (χ0) is 20.7. The van der Waals surface area contributed by atoms with Gasteiger partial charge >= 0.3 is 0 Å². The van der Waals surface area contributed by atoms with E-state index < -0.39 is 5.66 Å². The largest absolute Gasteiger partial charge is 0.465 e. The van der Waals surface area contributed by atoms with Crippen molar-refractivity contribution in [3.05, 3.63) is 58.8 Å². The van der Waals surface area contributed by atoms with E-state index in [1.807, 2.05) is 24.3 Å². The van der Waals surface area contributed by atoms with Gasteiger partial charge in [-0.1, -0.05) is 11.6 Å². The molecule has 3 atom stereocenters. The molecule has 0 radical (unpaired) electrons. The fraction of sp³-hybridized carbons (Fsp3) is 0.368. The van der Waals surface area contributed by atoms with Gasteiger partial charge in [-0.05, 0) is 55.6 Å². The summed E-state index contributed by atoms with van der Waals surface area (Å²) in [6.07, 6.45) is 6.13. The number of rotatable bonds is 5. The second kappa shape index (κ2) is 7.29. The molecule has 156 valence electrons. The number of fused-ring (bicyclic) bond motifs is 1. The standard InChI is InChI=1S/C19H22ClN9O/c20-15-10-11(5-7-24-15)9-12(13-3-1-6-23-13)19(14-4-2-8-30-14)27-18-26-16(21)25-17(22)29(18)28-19/h2,4-5,7-8,10,12-13,23,28H,1,3,6,9H2,(H4,21,22,25,26,27). The Bertz CT molecular complexity index is 1110. The van der Waals surface area contributed by atoms with Crippen LogP contribution >= 0.6 is 11.6 Å². The molecule has 3 unspecified atom stereocenters. The van der Waals surface area contributed by atoms with E-state index in [4.69, 9.17) is 27.2 Å². The number of hydrogen-bond acceptors (Lipinski definition) is 9. The molecule has 6 N–H and O–H groups in total. The first-order valence-electron chi connectivity index (χ1n) is 9.80. The highest BCUT2D eigenvalue weighted by atomic mass is 35.5. The molecule has 2 aliphatic rings. The maximum Gasteiger partial charge on any atom is 0.247 e. The lowest BCUT2D eigenvalue weighted by molar-refractivity contribution is 0.226. The molecular weight excluding hydrogens is 406 g/mol. The third-order valence-corrected chi connectivity index (χ3v) is 5.97. The number of halogens is 1. The van der Waals surface area contributed by atoms with Gasteiger partial charge in [0.25, 0.3) is 0 Å². The molecule has 11 heteroatoms. The van der Waals surface area contributed by atoms with E-state index in [2.05, 4.69) is 31.0 Å². The van der Waals surface area contributed by atoms with Crippen molar-refractivity contribution < 1.29 is 4.42 Å². The van der Waals surface area contributed by atoms with Crippen molar-refractivity contribution in [1.29, 1.82) is 5.41 Å². The minimum atomic E-state index is -0.869.